The fourth-order valence-electron chi connectivity index (χ4n) is 3.02. The molecule has 0 heterocycles. The lowest BCUT2D eigenvalue weighted by molar-refractivity contribution is -0.125. The standard InChI is InChI=1S/C18H25NO3/c1-12-6-4-8-15(10-12)18(21)22-11-17(20)19-16-9-5-7-13(2)14(16)3/h4,6,8,10,13-14,16H,5,7,9,11H2,1-3H3,(H,19,20)/t13-,14+,16-/m1/s1. The van der Waals surface area contributed by atoms with Crippen molar-refractivity contribution in [3.05, 3.63) is 35.4 Å². The number of rotatable bonds is 4. The van der Waals surface area contributed by atoms with Crippen LogP contribution in [0, 0.1) is 18.8 Å². The van der Waals surface area contributed by atoms with E-state index in [-0.39, 0.29) is 18.6 Å². The highest BCUT2D eigenvalue weighted by atomic mass is 16.5. The fraction of sp³-hybridized carbons (Fsp3) is 0.556. The van der Waals surface area contributed by atoms with Crippen LogP contribution < -0.4 is 5.32 Å². The highest BCUT2D eigenvalue weighted by Gasteiger charge is 2.28. The number of hydrogen-bond donors (Lipinski definition) is 1. The first-order valence-corrected chi connectivity index (χ1v) is 8.00. The molecular formula is C18H25NO3. The number of hydrogen-bond acceptors (Lipinski definition) is 3. The summed E-state index contributed by atoms with van der Waals surface area (Å²) in [4.78, 5) is 23.9. The van der Waals surface area contributed by atoms with E-state index in [2.05, 4.69) is 19.2 Å². The Hall–Kier alpha value is -1.84. The van der Waals surface area contributed by atoms with Gasteiger partial charge < -0.3 is 10.1 Å². The third-order valence-corrected chi connectivity index (χ3v) is 4.64. The normalized spacial score (nSPS) is 24.6. The predicted molar refractivity (Wildman–Crippen MR) is 85.6 cm³/mol. The van der Waals surface area contributed by atoms with Crippen LogP contribution in [0.1, 0.15) is 49.0 Å². The largest absolute Gasteiger partial charge is 0.452 e. The molecule has 22 heavy (non-hydrogen) atoms. The fourth-order valence-corrected chi connectivity index (χ4v) is 3.02. The van der Waals surface area contributed by atoms with E-state index < -0.39 is 5.97 Å². The van der Waals surface area contributed by atoms with Gasteiger partial charge in [-0.1, -0.05) is 44.4 Å². The van der Waals surface area contributed by atoms with Crippen molar-refractivity contribution in [2.24, 2.45) is 11.8 Å². The molecule has 1 aliphatic rings. The van der Waals surface area contributed by atoms with Crippen molar-refractivity contribution in [1.82, 2.24) is 5.32 Å². The molecule has 0 aromatic heterocycles. The second kappa shape index (κ2) is 7.43. The molecule has 3 atom stereocenters. The number of nitrogens with one attached hydrogen (secondary N) is 1. The Balaban J connectivity index is 1.81. The van der Waals surface area contributed by atoms with E-state index in [0.29, 0.717) is 17.4 Å². The van der Waals surface area contributed by atoms with Gasteiger partial charge in [0.2, 0.25) is 0 Å². The van der Waals surface area contributed by atoms with Crippen molar-refractivity contribution >= 4 is 11.9 Å². The molecule has 4 heteroatoms. The van der Waals surface area contributed by atoms with Crippen LogP contribution in [0.5, 0.6) is 0 Å². The summed E-state index contributed by atoms with van der Waals surface area (Å²) in [5.74, 6) is 0.412. The number of carbonyl (C=O) groups excluding carboxylic acids is 2. The SMILES string of the molecule is Cc1cccc(C(=O)OCC(=O)N[C@@H]2CCC[C@@H](C)[C@@H]2C)c1. The number of ether oxygens (including phenoxy) is 1. The average molecular weight is 303 g/mol. The summed E-state index contributed by atoms with van der Waals surface area (Å²) in [5.41, 5.74) is 1.47. The monoisotopic (exact) mass is 303 g/mol. The number of aryl methyl sites for hydroxylation is 1. The molecular weight excluding hydrogens is 278 g/mol. The zero-order valence-electron chi connectivity index (χ0n) is 13.6. The van der Waals surface area contributed by atoms with Gasteiger partial charge in [0.1, 0.15) is 0 Å². The predicted octanol–water partition coefficient (Wildman–Crippen LogP) is 3.09. The Morgan fingerprint density at radius 1 is 1.27 bits per heavy atom. The van der Waals surface area contributed by atoms with E-state index in [1.165, 1.54) is 6.42 Å². The Morgan fingerprint density at radius 2 is 2.05 bits per heavy atom. The third kappa shape index (κ3) is 4.33. The third-order valence-electron chi connectivity index (χ3n) is 4.64. The summed E-state index contributed by atoms with van der Waals surface area (Å²) in [6, 6.07) is 7.35. The summed E-state index contributed by atoms with van der Waals surface area (Å²) >= 11 is 0. The van der Waals surface area contributed by atoms with Crippen LogP contribution in [-0.4, -0.2) is 24.5 Å². The number of amides is 1. The minimum absolute atomic E-state index is 0.189. The molecule has 0 unspecified atom stereocenters. The van der Waals surface area contributed by atoms with Crippen molar-refractivity contribution in [1.29, 1.82) is 0 Å². The molecule has 0 saturated heterocycles. The maximum absolute atomic E-state index is 12.0. The molecule has 1 N–H and O–H groups in total. The van der Waals surface area contributed by atoms with E-state index in [4.69, 9.17) is 4.74 Å². The lowest BCUT2D eigenvalue weighted by Crippen LogP contribution is -2.45. The van der Waals surface area contributed by atoms with E-state index in [1.54, 1.807) is 18.2 Å². The summed E-state index contributed by atoms with van der Waals surface area (Å²) in [5, 5.41) is 3.00. The first-order valence-electron chi connectivity index (χ1n) is 8.00. The van der Waals surface area contributed by atoms with Gasteiger partial charge in [-0.3, -0.25) is 4.79 Å². The number of carbonyl (C=O) groups is 2. The highest BCUT2D eigenvalue weighted by molar-refractivity contribution is 5.91. The molecule has 1 amide bonds. The van der Waals surface area contributed by atoms with Crippen molar-refractivity contribution in [3.8, 4) is 0 Å². The molecule has 0 radical (unpaired) electrons. The van der Waals surface area contributed by atoms with Crippen LogP contribution in [0.2, 0.25) is 0 Å². The molecule has 0 aliphatic heterocycles. The molecule has 0 bridgehead atoms. The molecule has 4 nitrogen and oxygen atoms in total. The minimum Gasteiger partial charge on any atom is -0.452 e. The van der Waals surface area contributed by atoms with Gasteiger partial charge in [-0.05, 0) is 37.3 Å². The first kappa shape index (κ1) is 16.5. The lowest BCUT2D eigenvalue weighted by atomic mass is 9.78. The summed E-state index contributed by atoms with van der Waals surface area (Å²) in [6.07, 6.45) is 3.36. The van der Waals surface area contributed by atoms with Gasteiger partial charge in [-0.2, -0.15) is 0 Å². The Bertz CT molecular complexity index is 541. The van der Waals surface area contributed by atoms with Crippen molar-refractivity contribution < 1.29 is 14.3 Å². The molecule has 2 rings (SSSR count). The minimum atomic E-state index is -0.455. The molecule has 1 aliphatic carbocycles. The topological polar surface area (TPSA) is 55.4 Å². The quantitative estimate of drug-likeness (QED) is 0.870. The van der Waals surface area contributed by atoms with E-state index >= 15 is 0 Å². The Morgan fingerprint density at radius 3 is 2.77 bits per heavy atom. The molecule has 1 saturated carbocycles. The van der Waals surface area contributed by atoms with Gasteiger partial charge in [0.05, 0.1) is 5.56 Å². The van der Waals surface area contributed by atoms with Gasteiger partial charge >= 0.3 is 5.97 Å². The maximum atomic E-state index is 12.0. The van der Waals surface area contributed by atoms with Crippen LogP contribution in [0.3, 0.4) is 0 Å². The van der Waals surface area contributed by atoms with Crippen LogP contribution in [0.25, 0.3) is 0 Å². The van der Waals surface area contributed by atoms with Gasteiger partial charge in [-0.25, -0.2) is 4.79 Å². The number of benzene rings is 1. The summed E-state index contributed by atoms with van der Waals surface area (Å²) in [6.45, 7) is 6.09. The second-order valence-corrected chi connectivity index (χ2v) is 6.39. The van der Waals surface area contributed by atoms with E-state index in [1.807, 2.05) is 13.0 Å². The van der Waals surface area contributed by atoms with Crippen LogP contribution in [0.15, 0.2) is 24.3 Å². The van der Waals surface area contributed by atoms with Crippen molar-refractivity contribution in [2.45, 2.75) is 46.1 Å². The second-order valence-electron chi connectivity index (χ2n) is 6.39. The first-order chi connectivity index (χ1) is 10.5. The van der Waals surface area contributed by atoms with Gasteiger partial charge in [0.25, 0.3) is 5.91 Å². The smallest absolute Gasteiger partial charge is 0.338 e. The van der Waals surface area contributed by atoms with Gasteiger partial charge in [0.15, 0.2) is 6.61 Å². The zero-order chi connectivity index (χ0) is 16.1. The summed E-state index contributed by atoms with van der Waals surface area (Å²) < 4.78 is 5.10. The molecule has 120 valence electrons. The van der Waals surface area contributed by atoms with Crippen molar-refractivity contribution in [3.63, 3.8) is 0 Å². The lowest BCUT2D eigenvalue weighted by Gasteiger charge is -2.34. The molecule has 1 fully saturated rings. The summed E-state index contributed by atoms with van der Waals surface area (Å²) in [7, 11) is 0. The van der Waals surface area contributed by atoms with Crippen LogP contribution in [0.4, 0.5) is 0 Å². The molecule has 1 aromatic rings. The van der Waals surface area contributed by atoms with Gasteiger partial charge in [0, 0.05) is 6.04 Å². The van der Waals surface area contributed by atoms with E-state index in [9.17, 15) is 9.59 Å². The Kier molecular flexibility index (Phi) is 5.58. The average Bonchev–Trinajstić information content (AvgIpc) is 2.49. The highest BCUT2D eigenvalue weighted by Crippen LogP contribution is 2.29. The Labute approximate surface area is 132 Å². The van der Waals surface area contributed by atoms with E-state index in [0.717, 1.165) is 18.4 Å². The molecule has 0 spiro atoms. The zero-order valence-corrected chi connectivity index (χ0v) is 13.6. The number of esters is 1. The van der Waals surface area contributed by atoms with Gasteiger partial charge in [-0.15, -0.1) is 0 Å². The van der Waals surface area contributed by atoms with Crippen LogP contribution in [-0.2, 0) is 9.53 Å². The van der Waals surface area contributed by atoms with Crippen molar-refractivity contribution in [2.75, 3.05) is 6.61 Å². The maximum Gasteiger partial charge on any atom is 0.338 e. The molecule has 1 aromatic carbocycles. The van der Waals surface area contributed by atoms with Crippen LogP contribution >= 0.6 is 0 Å².